The van der Waals surface area contributed by atoms with Crippen molar-refractivity contribution in [1.29, 1.82) is 0 Å². The molecule has 12 heavy (non-hydrogen) atoms. The lowest BCUT2D eigenvalue weighted by Gasteiger charge is -1.99. The van der Waals surface area contributed by atoms with E-state index in [0.717, 1.165) is 19.4 Å². The monoisotopic (exact) mass is 171 g/mol. The molecule has 2 N–H and O–H groups in total. The summed E-state index contributed by atoms with van der Waals surface area (Å²) < 4.78 is 5.21. The Bertz CT molecular complexity index is 164. The Labute approximate surface area is 73.6 Å². The lowest BCUT2D eigenvalue weighted by Crippen LogP contribution is -2.12. The number of amides is 1. The number of carbonyl (C=O) groups excluding carboxylic acids is 1. The summed E-state index contributed by atoms with van der Waals surface area (Å²) in [6.07, 6.45) is 3.89. The minimum atomic E-state index is -0.380. The first kappa shape index (κ1) is 11.2. The van der Waals surface area contributed by atoms with Gasteiger partial charge in [0, 0.05) is 12.2 Å². The van der Waals surface area contributed by atoms with Crippen LogP contribution in [0.1, 0.15) is 26.7 Å². The van der Waals surface area contributed by atoms with Crippen LogP contribution in [0.3, 0.4) is 0 Å². The van der Waals surface area contributed by atoms with Gasteiger partial charge in [-0.05, 0) is 13.3 Å². The SMILES string of the molecule is CCCCOCC=C(C)C(N)=O. The lowest BCUT2D eigenvalue weighted by atomic mass is 10.3. The van der Waals surface area contributed by atoms with Crippen LogP contribution < -0.4 is 5.73 Å². The van der Waals surface area contributed by atoms with E-state index in [0.29, 0.717) is 12.2 Å². The van der Waals surface area contributed by atoms with Crippen LogP contribution in [-0.2, 0) is 9.53 Å². The Kier molecular flexibility index (Phi) is 6.38. The molecule has 0 rings (SSSR count). The fraction of sp³-hybridized carbons (Fsp3) is 0.667. The molecule has 0 heterocycles. The number of hydrogen-bond acceptors (Lipinski definition) is 2. The highest BCUT2D eigenvalue weighted by molar-refractivity contribution is 5.91. The zero-order chi connectivity index (χ0) is 9.40. The largest absolute Gasteiger partial charge is 0.377 e. The minimum Gasteiger partial charge on any atom is -0.377 e. The van der Waals surface area contributed by atoms with Gasteiger partial charge in [0.25, 0.3) is 0 Å². The lowest BCUT2D eigenvalue weighted by molar-refractivity contribution is -0.114. The van der Waals surface area contributed by atoms with Gasteiger partial charge >= 0.3 is 0 Å². The first-order valence-electron chi connectivity index (χ1n) is 4.22. The average molecular weight is 171 g/mol. The van der Waals surface area contributed by atoms with Crippen molar-refractivity contribution in [2.24, 2.45) is 5.73 Å². The summed E-state index contributed by atoms with van der Waals surface area (Å²) >= 11 is 0. The summed E-state index contributed by atoms with van der Waals surface area (Å²) in [6.45, 7) is 5.02. The molecule has 70 valence electrons. The zero-order valence-corrected chi connectivity index (χ0v) is 7.80. The van der Waals surface area contributed by atoms with E-state index in [1.807, 2.05) is 0 Å². The number of carbonyl (C=O) groups is 1. The quantitative estimate of drug-likeness (QED) is 0.483. The molecule has 0 saturated carbocycles. The van der Waals surface area contributed by atoms with E-state index in [1.54, 1.807) is 13.0 Å². The van der Waals surface area contributed by atoms with Gasteiger partial charge < -0.3 is 10.5 Å². The Morgan fingerprint density at radius 1 is 1.58 bits per heavy atom. The maximum Gasteiger partial charge on any atom is 0.244 e. The van der Waals surface area contributed by atoms with Crippen LogP contribution in [0, 0.1) is 0 Å². The molecule has 0 aliphatic carbocycles. The standard InChI is InChI=1S/C9H17NO2/c1-3-4-6-12-7-5-8(2)9(10)11/h5H,3-4,6-7H2,1-2H3,(H2,10,11). The summed E-state index contributed by atoms with van der Waals surface area (Å²) in [5.41, 5.74) is 5.58. The van der Waals surface area contributed by atoms with Crippen molar-refractivity contribution in [2.45, 2.75) is 26.7 Å². The van der Waals surface area contributed by atoms with Crippen LogP contribution in [0.25, 0.3) is 0 Å². The highest BCUT2D eigenvalue weighted by atomic mass is 16.5. The van der Waals surface area contributed by atoms with E-state index in [2.05, 4.69) is 6.92 Å². The topological polar surface area (TPSA) is 52.3 Å². The molecule has 0 aromatic heterocycles. The molecule has 0 aromatic rings. The second-order valence-electron chi connectivity index (χ2n) is 2.68. The molecule has 3 nitrogen and oxygen atoms in total. The molecule has 0 aliphatic heterocycles. The Morgan fingerprint density at radius 3 is 2.75 bits per heavy atom. The molecule has 0 fully saturated rings. The summed E-state index contributed by atoms with van der Waals surface area (Å²) in [5, 5.41) is 0. The zero-order valence-electron chi connectivity index (χ0n) is 7.80. The predicted octanol–water partition coefficient (Wildman–Crippen LogP) is 1.23. The van der Waals surface area contributed by atoms with Gasteiger partial charge in [-0.25, -0.2) is 0 Å². The van der Waals surface area contributed by atoms with Crippen LogP contribution >= 0.6 is 0 Å². The smallest absolute Gasteiger partial charge is 0.244 e. The van der Waals surface area contributed by atoms with E-state index >= 15 is 0 Å². The molecule has 0 radical (unpaired) electrons. The molecule has 0 aromatic carbocycles. The molecule has 0 aliphatic rings. The van der Waals surface area contributed by atoms with Crippen molar-refractivity contribution < 1.29 is 9.53 Å². The Balaban J connectivity index is 3.40. The highest BCUT2D eigenvalue weighted by Crippen LogP contribution is 1.92. The third-order valence-corrected chi connectivity index (χ3v) is 1.54. The van der Waals surface area contributed by atoms with Gasteiger partial charge in [0.1, 0.15) is 0 Å². The van der Waals surface area contributed by atoms with Gasteiger partial charge in [-0.2, -0.15) is 0 Å². The van der Waals surface area contributed by atoms with Crippen molar-refractivity contribution in [3.05, 3.63) is 11.6 Å². The highest BCUT2D eigenvalue weighted by Gasteiger charge is 1.94. The second kappa shape index (κ2) is 6.85. The van der Waals surface area contributed by atoms with Crippen molar-refractivity contribution in [3.8, 4) is 0 Å². The maximum atomic E-state index is 10.5. The Morgan fingerprint density at radius 2 is 2.25 bits per heavy atom. The maximum absolute atomic E-state index is 10.5. The summed E-state index contributed by atoms with van der Waals surface area (Å²) in [5.74, 6) is -0.380. The van der Waals surface area contributed by atoms with Gasteiger partial charge in [-0.1, -0.05) is 19.4 Å². The van der Waals surface area contributed by atoms with Crippen LogP contribution in [0.2, 0.25) is 0 Å². The predicted molar refractivity (Wildman–Crippen MR) is 48.7 cm³/mol. The van der Waals surface area contributed by atoms with Crippen molar-refractivity contribution in [2.75, 3.05) is 13.2 Å². The van der Waals surface area contributed by atoms with Crippen molar-refractivity contribution in [1.82, 2.24) is 0 Å². The van der Waals surface area contributed by atoms with Crippen LogP contribution in [0.15, 0.2) is 11.6 Å². The molecule has 0 saturated heterocycles. The van der Waals surface area contributed by atoms with Gasteiger partial charge in [0.05, 0.1) is 6.61 Å². The first-order chi connectivity index (χ1) is 5.68. The van der Waals surface area contributed by atoms with Gasteiger partial charge in [0.15, 0.2) is 0 Å². The number of ether oxygens (including phenoxy) is 1. The molecule has 1 amide bonds. The number of hydrogen-bond donors (Lipinski definition) is 1. The van der Waals surface area contributed by atoms with Crippen molar-refractivity contribution >= 4 is 5.91 Å². The van der Waals surface area contributed by atoms with E-state index in [1.165, 1.54) is 0 Å². The third kappa shape index (κ3) is 5.92. The van der Waals surface area contributed by atoms with Gasteiger partial charge in [0.2, 0.25) is 5.91 Å². The van der Waals surface area contributed by atoms with E-state index < -0.39 is 0 Å². The summed E-state index contributed by atoms with van der Waals surface area (Å²) in [7, 11) is 0. The Hall–Kier alpha value is -0.830. The number of rotatable bonds is 6. The van der Waals surface area contributed by atoms with Gasteiger partial charge in [-0.15, -0.1) is 0 Å². The third-order valence-electron chi connectivity index (χ3n) is 1.54. The fourth-order valence-corrected chi connectivity index (χ4v) is 0.614. The number of unbranched alkanes of at least 4 members (excludes halogenated alkanes) is 1. The minimum absolute atomic E-state index is 0.380. The molecular weight excluding hydrogens is 154 g/mol. The molecule has 3 heteroatoms. The number of primary amides is 1. The summed E-state index contributed by atoms with van der Waals surface area (Å²) in [4.78, 5) is 10.5. The first-order valence-corrected chi connectivity index (χ1v) is 4.22. The van der Waals surface area contributed by atoms with Crippen LogP contribution in [0.4, 0.5) is 0 Å². The van der Waals surface area contributed by atoms with E-state index in [-0.39, 0.29) is 5.91 Å². The normalized spacial score (nSPS) is 11.7. The van der Waals surface area contributed by atoms with Crippen LogP contribution in [-0.4, -0.2) is 19.1 Å². The average Bonchev–Trinajstić information content (AvgIpc) is 2.03. The van der Waals surface area contributed by atoms with Crippen molar-refractivity contribution in [3.63, 3.8) is 0 Å². The molecular formula is C9H17NO2. The van der Waals surface area contributed by atoms with E-state index in [9.17, 15) is 4.79 Å². The fourth-order valence-electron chi connectivity index (χ4n) is 0.614. The molecule has 0 atom stereocenters. The molecule has 0 unspecified atom stereocenters. The van der Waals surface area contributed by atoms with E-state index in [4.69, 9.17) is 10.5 Å². The number of nitrogens with two attached hydrogens (primary N) is 1. The molecule has 0 spiro atoms. The summed E-state index contributed by atoms with van der Waals surface area (Å²) in [6, 6.07) is 0. The molecule has 0 bridgehead atoms. The van der Waals surface area contributed by atoms with Crippen LogP contribution in [0.5, 0.6) is 0 Å². The second-order valence-corrected chi connectivity index (χ2v) is 2.68. The van der Waals surface area contributed by atoms with Gasteiger partial charge in [-0.3, -0.25) is 4.79 Å².